The highest BCUT2D eigenvalue weighted by Gasteiger charge is 2.30. The Morgan fingerprint density at radius 2 is 2.00 bits per heavy atom. The predicted octanol–water partition coefficient (Wildman–Crippen LogP) is 0.462. The van der Waals surface area contributed by atoms with Crippen LogP contribution in [0.3, 0.4) is 0 Å². The molecule has 1 aliphatic heterocycles. The summed E-state index contributed by atoms with van der Waals surface area (Å²) in [5.74, 6) is 0. The van der Waals surface area contributed by atoms with Gasteiger partial charge < -0.3 is 15.1 Å². The second-order valence-electron chi connectivity index (χ2n) is 3.22. The van der Waals surface area contributed by atoms with Crippen LogP contribution in [0.5, 0.6) is 0 Å². The normalized spacial score (nSPS) is 30.8. The second-order valence-corrected chi connectivity index (χ2v) is 3.22. The number of piperidine rings is 1. The molecule has 0 saturated carbocycles. The largest absolute Gasteiger partial charge is 0.393 e. The van der Waals surface area contributed by atoms with E-state index < -0.39 is 5.60 Å². The Balaban J connectivity index is 0.000000561. The van der Waals surface area contributed by atoms with Gasteiger partial charge in [-0.05, 0) is 26.4 Å². The first-order chi connectivity index (χ1) is 5.66. The van der Waals surface area contributed by atoms with Crippen molar-refractivity contribution in [3.8, 4) is 0 Å². The molecule has 3 nitrogen and oxygen atoms in total. The average molecular weight is 175 g/mol. The van der Waals surface area contributed by atoms with Crippen LogP contribution in [0.2, 0.25) is 0 Å². The topological polar surface area (TPSA) is 43.7 Å². The summed E-state index contributed by atoms with van der Waals surface area (Å²) in [5.41, 5.74) is -0.826. The number of hydrogen-bond acceptors (Lipinski definition) is 3. The van der Waals surface area contributed by atoms with Crippen LogP contribution in [0, 0.1) is 0 Å². The Kier molecular flexibility index (Phi) is 5.46. The lowest BCUT2D eigenvalue weighted by Gasteiger charge is -2.35. The van der Waals surface area contributed by atoms with Crippen LogP contribution < -0.4 is 0 Å². The Bertz CT molecular complexity index is 119. The SMILES string of the molecule is CC.CN1CCCC(O)(CO)C1. The maximum Gasteiger partial charge on any atom is 0.100 e. The molecule has 0 radical (unpaired) electrons. The molecule has 3 heteroatoms. The summed E-state index contributed by atoms with van der Waals surface area (Å²) in [6.07, 6.45) is 1.71. The number of nitrogens with zero attached hydrogens (tertiary/aromatic N) is 1. The average Bonchev–Trinajstić information content (AvgIpc) is 2.08. The number of hydrogen-bond donors (Lipinski definition) is 2. The first-order valence-corrected chi connectivity index (χ1v) is 4.68. The van der Waals surface area contributed by atoms with Gasteiger partial charge in [0.2, 0.25) is 0 Å². The van der Waals surface area contributed by atoms with E-state index in [1.807, 2.05) is 25.8 Å². The molecule has 0 aromatic heterocycles. The third-order valence-corrected chi connectivity index (χ3v) is 2.04. The van der Waals surface area contributed by atoms with E-state index in [0.717, 1.165) is 19.4 Å². The summed E-state index contributed by atoms with van der Waals surface area (Å²) in [7, 11) is 1.96. The molecule has 74 valence electrons. The maximum atomic E-state index is 9.56. The molecule has 0 bridgehead atoms. The fraction of sp³-hybridized carbons (Fsp3) is 1.00. The lowest BCUT2D eigenvalue weighted by Crippen LogP contribution is -2.48. The lowest BCUT2D eigenvalue weighted by molar-refractivity contribution is -0.0611. The van der Waals surface area contributed by atoms with E-state index >= 15 is 0 Å². The van der Waals surface area contributed by atoms with Crippen molar-refractivity contribution >= 4 is 0 Å². The van der Waals surface area contributed by atoms with Crippen molar-refractivity contribution in [2.45, 2.75) is 32.3 Å². The van der Waals surface area contributed by atoms with E-state index in [9.17, 15) is 5.11 Å². The number of likely N-dealkylation sites (N-methyl/N-ethyl adjacent to an activating group) is 1. The molecule has 0 aromatic rings. The van der Waals surface area contributed by atoms with Crippen LogP contribution in [-0.4, -0.2) is 47.5 Å². The van der Waals surface area contributed by atoms with Gasteiger partial charge in [-0.25, -0.2) is 0 Å². The van der Waals surface area contributed by atoms with Gasteiger partial charge in [0.25, 0.3) is 0 Å². The summed E-state index contributed by atoms with van der Waals surface area (Å²) in [6.45, 7) is 5.52. The van der Waals surface area contributed by atoms with Gasteiger partial charge in [0.15, 0.2) is 0 Å². The summed E-state index contributed by atoms with van der Waals surface area (Å²) in [4.78, 5) is 2.04. The van der Waals surface area contributed by atoms with Gasteiger partial charge in [-0.3, -0.25) is 0 Å². The first kappa shape index (κ1) is 11.9. The lowest BCUT2D eigenvalue weighted by atomic mass is 9.94. The zero-order valence-corrected chi connectivity index (χ0v) is 8.38. The Labute approximate surface area is 75.0 Å². The molecule has 0 amide bonds. The monoisotopic (exact) mass is 175 g/mol. The van der Waals surface area contributed by atoms with Gasteiger partial charge in [0, 0.05) is 6.54 Å². The highest BCUT2D eigenvalue weighted by Crippen LogP contribution is 2.18. The van der Waals surface area contributed by atoms with Crippen LogP contribution in [0.4, 0.5) is 0 Å². The summed E-state index contributed by atoms with van der Waals surface area (Å²) in [6, 6.07) is 0. The smallest absolute Gasteiger partial charge is 0.100 e. The molecule has 1 rings (SSSR count). The molecule has 1 aliphatic rings. The molecule has 1 unspecified atom stereocenters. The van der Waals surface area contributed by atoms with Crippen LogP contribution in [-0.2, 0) is 0 Å². The maximum absolute atomic E-state index is 9.56. The van der Waals surface area contributed by atoms with Crippen molar-refractivity contribution in [1.29, 1.82) is 0 Å². The van der Waals surface area contributed by atoms with Crippen molar-refractivity contribution in [3.05, 3.63) is 0 Å². The zero-order chi connectivity index (χ0) is 9.61. The minimum Gasteiger partial charge on any atom is -0.393 e. The van der Waals surface area contributed by atoms with E-state index in [0.29, 0.717) is 6.54 Å². The van der Waals surface area contributed by atoms with Crippen molar-refractivity contribution in [2.75, 3.05) is 26.7 Å². The summed E-state index contributed by atoms with van der Waals surface area (Å²) in [5, 5.41) is 18.4. The molecule has 0 aliphatic carbocycles. The summed E-state index contributed by atoms with van der Waals surface area (Å²) < 4.78 is 0. The zero-order valence-electron chi connectivity index (χ0n) is 8.38. The molecule has 0 aromatic carbocycles. The fourth-order valence-corrected chi connectivity index (χ4v) is 1.47. The van der Waals surface area contributed by atoms with Crippen LogP contribution in [0.15, 0.2) is 0 Å². The standard InChI is InChI=1S/C7H15NO2.C2H6/c1-8-4-2-3-7(10,5-8)6-9;1-2/h9-10H,2-6H2,1H3;1-2H3. The minimum atomic E-state index is -0.826. The Morgan fingerprint density at radius 3 is 2.33 bits per heavy atom. The van der Waals surface area contributed by atoms with Crippen molar-refractivity contribution in [3.63, 3.8) is 0 Å². The van der Waals surface area contributed by atoms with E-state index in [1.54, 1.807) is 0 Å². The van der Waals surface area contributed by atoms with Crippen LogP contribution in [0.1, 0.15) is 26.7 Å². The number of rotatable bonds is 1. The third-order valence-electron chi connectivity index (χ3n) is 2.04. The third kappa shape index (κ3) is 3.52. The van der Waals surface area contributed by atoms with E-state index in [4.69, 9.17) is 5.11 Å². The van der Waals surface area contributed by atoms with Gasteiger partial charge in [-0.2, -0.15) is 0 Å². The first-order valence-electron chi connectivity index (χ1n) is 4.68. The van der Waals surface area contributed by atoms with Crippen LogP contribution in [0.25, 0.3) is 0 Å². The van der Waals surface area contributed by atoms with Crippen molar-refractivity contribution in [1.82, 2.24) is 4.90 Å². The predicted molar refractivity (Wildman–Crippen MR) is 50.1 cm³/mol. The van der Waals surface area contributed by atoms with Gasteiger partial charge in [0.1, 0.15) is 5.60 Å². The van der Waals surface area contributed by atoms with Crippen LogP contribution >= 0.6 is 0 Å². The molecule has 1 atom stereocenters. The van der Waals surface area contributed by atoms with E-state index in [2.05, 4.69) is 0 Å². The minimum absolute atomic E-state index is 0.114. The number of aliphatic hydroxyl groups excluding tert-OH is 1. The van der Waals surface area contributed by atoms with Crippen molar-refractivity contribution < 1.29 is 10.2 Å². The number of aliphatic hydroxyl groups is 2. The number of β-amino-alcohol motifs (C(OH)–C–C–N with tert-alkyl or cyclic N) is 1. The van der Waals surface area contributed by atoms with Gasteiger partial charge >= 0.3 is 0 Å². The van der Waals surface area contributed by atoms with Crippen molar-refractivity contribution in [2.24, 2.45) is 0 Å². The molecule has 1 heterocycles. The van der Waals surface area contributed by atoms with E-state index in [-0.39, 0.29) is 6.61 Å². The quantitative estimate of drug-likeness (QED) is 0.608. The highest BCUT2D eigenvalue weighted by molar-refractivity contribution is 4.84. The molecule has 1 saturated heterocycles. The molecular formula is C9H21NO2. The molecule has 0 spiro atoms. The fourth-order valence-electron chi connectivity index (χ4n) is 1.47. The summed E-state index contributed by atoms with van der Waals surface area (Å²) >= 11 is 0. The second kappa shape index (κ2) is 5.51. The van der Waals surface area contributed by atoms with Gasteiger partial charge in [-0.1, -0.05) is 13.8 Å². The van der Waals surface area contributed by atoms with Gasteiger partial charge in [0.05, 0.1) is 6.61 Å². The highest BCUT2D eigenvalue weighted by atomic mass is 16.3. The number of likely N-dealkylation sites (tertiary alicyclic amines) is 1. The Hall–Kier alpha value is -0.120. The molecule has 2 N–H and O–H groups in total. The molecule has 12 heavy (non-hydrogen) atoms. The Morgan fingerprint density at radius 1 is 1.42 bits per heavy atom. The molecule has 1 fully saturated rings. The molecular weight excluding hydrogens is 154 g/mol. The van der Waals surface area contributed by atoms with E-state index in [1.165, 1.54) is 0 Å². The van der Waals surface area contributed by atoms with Gasteiger partial charge in [-0.15, -0.1) is 0 Å².